The van der Waals surface area contributed by atoms with E-state index in [0.29, 0.717) is 11.3 Å². The molecule has 1 aromatic carbocycles. The molecule has 0 spiro atoms. The van der Waals surface area contributed by atoms with Crippen molar-refractivity contribution >= 4 is 17.3 Å². The molecular formula is C11H9ClF3N. The van der Waals surface area contributed by atoms with Crippen LogP contribution in [0.5, 0.6) is 0 Å². The Hall–Kier alpha value is -1.16. The number of anilines is 1. The van der Waals surface area contributed by atoms with Gasteiger partial charge in [-0.05, 0) is 23.8 Å². The van der Waals surface area contributed by atoms with E-state index in [4.69, 9.17) is 11.6 Å². The normalized spacial score (nSPS) is 19.8. The zero-order chi connectivity index (χ0) is 11.9. The molecule has 0 aliphatic carbocycles. The molecule has 0 N–H and O–H groups in total. The summed E-state index contributed by atoms with van der Waals surface area (Å²) in [6, 6.07) is 3.60. The van der Waals surface area contributed by atoms with Crippen LogP contribution in [-0.4, -0.2) is 7.05 Å². The van der Waals surface area contributed by atoms with Crippen LogP contribution in [0.1, 0.15) is 16.5 Å². The van der Waals surface area contributed by atoms with E-state index in [1.807, 2.05) is 0 Å². The third-order valence-corrected chi connectivity index (χ3v) is 2.89. The predicted octanol–water partition coefficient (Wildman–Crippen LogP) is 3.95. The van der Waals surface area contributed by atoms with Crippen molar-refractivity contribution in [2.24, 2.45) is 0 Å². The maximum Gasteiger partial charge on any atom is 0.416 e. The molecule has 0 saturated heterocycles. The third kappa shape index (κ3) is 1.89. The highest BCUT2D eigenvalue weighted by Gasteiger charge is 2.32. The van der Waals surface area contributed by atoms with Gasteiger partial charge in [-0.2, -0.15) is 13.2 Å². The minimum atomic E-state index is -4.32. The van der Waals surface area contributed by atoms with E-state index >= 15 is 0 Å². The Balaban J connectivity index is 2.51. The summed E-state index contributed by atoms with van der Waals surface area (Å²) in [5, 5.41) is -0.367. The average molecular weight is 248 g/mol. The molecule has 1 atom stereocenters. The zero-order valence-corrected chi connectivity index (χ0v) is 9.18. The molecule has 0 saturated carbocycles. The van der Waals surface area contributed by atoms with Crippen LogP contribution < -0.4 is 4.90 Å². The molecule has 5 heteroatoms. The van der Waals surface area contributed by atoms with Gasteiger partial charge in [0.2, 0.25) is 0 Å². The summed E-state index contributed by atoms with van der Waals surface area (Å²) in [7, 11) is 1.69. The second-order valence-electron chi connectivity index (χ2n) is 3.63. The quantitative estimate of drug-likeness (QED) is 0.628. The van der Waals surface area contributed by atoms with Gasteiger partial charge in [-0.15, -0.1) is 11.6 Å². The van der Waals surface area contributed by atoms with Crippen LogP contribution in [0.25, 0.3) is 0 Å². The fourth-order valence-corrected chi connectivity index (χ4v) is 1.90. The largest absolute Gasteiger partial charge is 0.416 e. The number of hydrogen-bond donors (Lipinski definition) is 0. The van der Waals surface area contributed by atoms with E-state index < -0.39 is 11.7 Å². The molecule has 0 aromatic heterocycles. The van der Waals surface area contributed by atoms with Gasteiger partial charge in [0, 0.05) is 18.9 Å². The second kappa shape index (κ2) is 3.70. The third-order valence-electron chi connectivity index (χ3n) is 2.51. The maximum absolute atomic E-state index is 12.5. The van der Waals surface area contributed by atoms with Crippen molar-refractivity contribution in [1.29, 1.82) is 0 Å². The summed E-state index contributed by atoms with van der Waals surface area (Å²) in [5.41, 5.74) is 0.536. The molecule has 0 radical (unpaired) electrons. The molecule has 1 aliphatic heterocycles. The predicted molar refractivity (Wildman–Crippen MR) is 57.6 cm³/mol. The Kier molecular flexibility index (Phi) is 2.62. The molecule has 2 rings (SSSR count). The minimum absolute atomic E-state index is 0.367. The van der Waals surface area contributed by atoms with Gasteiger partial charge in [-0.3, -0.25) is 0 Å². The van der Waals surface area contributed by atoms with Gasteiger partial charge in [0.1, 0.15) is 0 Å². The van der Waals surface area contributed by atoms with Gasteiger partial charge in [0.15, 0.2) is 0 Å². The number of rotatable bonds is 0. The number of halogens is 4. The lowest BCUT2D eigenvalue weighted by Gasteiger charge is -2.25. The van der Waals surface area contributed by atoms with Crippen LogP contribution in [-0.2, 0) is 6.18 Å². The molecular weight excluding hydrogens is 239 g/mol. The van der Waals surface area contributed by atoms with Crippen molar-refractivity contribution < 1.29 is 13.2 Å². The fraction of sp³-hybridized carbons (Fsp3) is 0.273. The highest BCUT2D eigenvalue weighted by molar-refractivity contribution is 6.22. The molecule has 16 heavy (non-hydrogen) atoms. The highest BCUT2D eigenvalue weighted by Crippen LogP contribution is 2.39. The fourth-order valence-electron chi connectivity index (χ4n) is 1.65. The Morgan fingerprint density at radius 2 is 2.00 bits per heavy atom. The Labute approximate surface area is 96.1 Å². The number of allylic oxidation sites excluding steroid dienone is 1. The standard InChI is InChI=1S/C11H9ClF3N/c1-16-5-4-9(12)8-3-2-7(6-10(8)16)11(13,14)15/h2-6,9H,1H3. The second-order valence-corrected chi connectivity index (χ2v) is 4.10. The molecule has 86 valence electrons. The first-order valence-electron chi connectivity index (χ1n) is 4.66. The van der Waals surface area contributed by atoms with Crippen molar-refractivity contribution in [3.8, 4) is 0 Å². The molecule has 1 nitrogen and oxygen atoms in total. The van der Waals surface area contributed by atoms with E-state index in [9.17, 15) is 13.2 Å². The van der Waals surface area contributed by atoms with Crippen molar-refractivity contribution in [3.63, 3.8) is 0 Å². The Morgan fingerprint density at radius 3 is 2.62 bits per heavy atom. The lowest BCUT2D eigenvalue weighted by atomic mass is 10.0. The van der Waals surface area contributed by atoms with Crippen LogP contribution in [0, 0.1) is 0 Å². The van der Waals surface area contributed by atoms with Crippen molar-refractivity contribution in [2.45, 2.75) is 11.6 Å². The molecule has 1 aliphatic rings. The first kappa shape index (κ1) is 11.3. The topological polar surface area (TPSA) is 3.24 Å². The smallest absolute Gasteiger partial charge is 0.351 e. The molecule has 1 aromatic rings. The van der Waals surface area contributed by atoms with E-state index in [1.54, 1.807) is 24.2 Å². The molecule has 1 unspecified atom stereocenters. The minimum Gasteiger partial charge on any atom is -0.351 e. The van der Waals surface area contributed by atoms with E-state index in [2.05, 4.69) is 0 Å². The van der Waals surface area contributed by atoms with Gasteiger partial charge in [0.05, 0.1) is 10.9 Å². The van der Waals surface area contributed by atoms with Crippen molar-refractivity contribution in [1.82, 2.24) is 0 Å². The molecule has 0 amide bonds. The van der Waals surface area contributed by atoms with E-state index in [-0.39, 0.29) is 5.38 Å². The average Bonchev–Trinajstić information content (AvgIpc) is 2.22. The SMILES string of the molecule is CN1C=CC(Cl)c2ccc(C(F)(F)F)cc21. The van der Waals surface area contributed by atoms with Gasteiger partial charge in [-0.1, -0.05) is 6.07 Å². The van der Waals surface area contributed by atoms with Crippen LogP contribution in [0.15, 0.2) is 30.5 Å². The Bertz CT molecular complexity index is 439. The number of nitrogens with zero attached hydrogens (tertiary/aromatic N) is 1. The van der Waals surface area contributed by atoms with Crippen molar-refractivity contribution in [2.75, 3.05) is 11.9 Å². The highest BCUT2D eigenvalue weighted by atomic mass is 35.5. The van der Waals surface area contributed by atoms with Gasteiger partial charge >= 0.3 is 6.18 Å². The summed E-state index contributed by atoms with van der Waals surface area (Å²) in [5.74, 6) is 0. The van der Waals surface area contributed by atoms with Gasteiger partial charge in [-0.25, -0.2) is 0 Å². The molecule has 0 fully saturated rings. The lowest BCUT2D eigenvalue weighted by Crippen LogP contribution is -2.16. The van der Waals surface area contributed by atoms with Gasteiger partial charge in [0.25, 0.3) is 0 Å². The Morgan fingerprint density at radius 1 is 1.31 bits per heavy atom. The summed E-state index contributed by atoms with van der Waals surface area (Å²) in [6.07, 6.45) is -0.920. The summed E-state index contributed by atoms with van der Waals surface area (Å²) < 4.78 is 37.5. The number of benzene rings is 1. The van der Waals surface area contributed by atoms with Crippen molar-refractivity contribution in [3.05, 3.63) is 41.6 Å². The maximum atomic E-state index is 12.5. The zero-order valence-electron chi connectivity index (χ0n) is 8.42. The molecule has 1 heterocycles. The number of alkyl halides is 4. The summed E-state index contributed by atoms with van der Waals surface area (Å²) in [6.45, 7) is 0. The van der Waals surface area contributed by atoms with Crippen LogP contribution in [0.3, 0.4) is 0 Å². The van der Waals surface area contributed by atoms with Crippen LogP contribution in [0.4, 0.5) is 18.9 Å². The summed E-state index contributed by atoms with van der Waals surface area (Å²) >= 11 is 5.98. The number of fused-ring (bicyclic) bond motifs is 1. The van der Waals surface area contributed by atoms with E-state index in [1.165, 1.54) is 6.07 Å². The lowest BCUT2D eigenvalue weighted by molar-refractivity contribution is -0.137. The summed E-state index contributed by atoms with van der Waals surface area (Å²) in [4.78, 5) is 1.63. The van der Waals surface area contributed by atoms with E-state index in [0.717, 1.165) is 12.1 Å². The first-order chi connectivity index (χ1) is 7.39. The van der Waals surface area contributed by atoms with Crippen LogP contribution >= 0.6 is 11.6 Å². The monoisotopic (exact) mass is 247 g/mol. The number of hydrogen-bond acceptors (Lipinski definition) is 1. The van der Waals surface area contributed by atoms with Crippen LogP contribution in [0.2, 0.25) is 0 Å². The first-order valence-corrected chi connectivity index (χ1v) is 5.09. The molecule has 0 bridgehead atoms. The van der Waals surface area contributed by atoms with Gasteiger partial charge < -0.3 is 4.90 Å².